The topological polar surface area (TPSA) is 195 Å². The van der Waals surface area contributed by atoms with Crippen molar-refractivity contribution in [1.29, 1.82) is 0 Å². The third-order valence-corrected chi connectivity index (χ3v) is 1.39. The highest BCUT2D eigenvalue weighted by atomic mass is 32.3. The minimum Gasteiger partial charge on any atom is -0.726 e. The van der Waals surface area contributed by atoms with Crippen molar-refractivity contribution in [1.82, 2.24) is 15.0 Å². The van der Waals surface area contributed by atoms with Crippen LogP contribution in [0.5, 0.6) is 0 Å². The van der Waals surface area contributed by atoms with Gasteiger partial charge in [-0.25, -0.2) is 8.42 Å². The first kappa shape index (κ1) is 19.9. The smallest absolute Gasteiger partial charge is 0.394 e. The first-order chi connectivity index (χ1) is 9.97. The molecule has 0 amide bonds. The molecule has 0 aliphatic heterocycles. The first-order valence-electron chi connectivity index (χ1n) is 4.93. The SMILES string of the molecule is O=S(=O)(O)O.O=S(=O)([O-])O.c1cnc(-[n+]2cccnc2)nc1. The molecule has 2 rings (SSSR count). The van der Waals surface area contributed by atoms with Gasteiger partial charge in [0.15, 0.2) is 6.33 Å². The summed E-state index contributed by atoms with van der Waals surface area (Å²) in [7, 11) is -9.58. The fourth-order valence-electron chi connectivity index (χ4n) is 0.873. The molecule has 0 aromatic carbocycles. The molecule has 0 atom stereocenters. The Hall–Kier alpha value is -2.10. The predicted octanol–water partition coefficient (Wildman–Crippen LogP) is -1.50. The summed E-state index contributed by atoms with van der Waals surface area (Å²) in [6.45, 7) is 0. The van der Waals surface area contributed by atoms with Gasteiger partial charge in [0.05, 0.1) is 24.8 Å². The zero-order valence-corrected chi connectivity index (χ0v) is 12.2. The van der Waals surface area contributed by atoms with Crippen LogP contribution in [0.4, 0.5) is 0 Å². The van der Waals surface area contributed by atoms with Crippen LogP contribution in [-0.2, 0) is 20.8 Å². The van der Waals surface area contributed by atoms with E-state index >= 15 is 0 Å². The fourth-order valence-corrected chi connectivity index (χ4v) is 0.873. The summed E-state index contributed by atoms with van der Waals surface area (Å²) < 4.78 is 66.2. The molecule has 0 saturated carbocycles. The van der Waals surface area contributed by atoms with E-state index in [0.29, 0.717) is 5.95 Å². The maximum atomic E-state index is 8.74. The zero-order valence-electron chi connectivity index (χ0n) is 10.5. The van der Waals surface area contributed by atoms with Gasteiger partial charge in [-0.3, -0.25) is 13.7 Å². The minimum atomic E-state index is -4.92. The number of aromatic nitrogens is 4. The molecule has 0 fully saturated rings. The lowest BCUT2D eigenvalue weighted by atomic mass is 10.6. The normalized spacial score (nSPS) is 10.5. The van der Waals surface area contributed by atoms with E-state index in [1.807, 2.05) is 12.3 Å². The van der Waals surface area contributed by atoms with Gasteiger partial charge in [-0.2, -0.15) is 18.0 Å². The van der Waals surface area contributed by atoms with Gasteiger partial charge in [0.2, 0.25) is 10.4 Å². The molecule has 2 aromatic heterocycles. The van der Waals surface area contributed by atoms with Crippen LogP contribution in [0, 0.1) is 0 Å². The molecule has 2 heterocycles. The minimum absolute atomic E-state index is 0.630. The van der Waals surface area contributed by atoms with Crippen molar-refractivity contribution in [2.24, 2.45) is 0 Å². The molecule has 0 unspecified atom stereocenters. The zero-order chi connectivity index (χ0) is 17.2. The van der Waals surface area contributed by atoms with Gasteiger partial charge >= 0.3 is 16.3 Å². The van der Waals surface area contributed by atoms with Crippen molar-refractivity contribution < 1.29 is 39.6 Å². The lowest BCUT2D eigenvalue weighted by molar-refractivity contribution is -0.607. The average molecular weight is 354 g/mol. The molecule has 0 bridgehead atoms. The van der Waals surface area contributed by atoms with Crippen LogP contribution in [0.1, 0.15) is 0 Å². The largest absolute Gasteiger partial charge is 0.726 e. The summed E-state index contributed by atoms with van der Waals surface area (Å²) in [5.41, 5.74) is 0. The molecule has 12 nitrogen and oxygen atoms in total. The Morgan fingerprint density at radius 2 is 1.41 bits per heavy atom. The van der Waals surface area contributed by atoms with Crippen LogP contribution in [-0.4, -0.2) is 50.0 Å². The van der Waals surface area contributed by atoms with Gasteiger partial charge in [-0.1, -0.05) is 0 Å². The van der Waals surface area contributed by atoms with Gasteiger partial charge < -0.3 is 4.55 Å². The quantitative estimate of drug-likeness (QED) is 0.306. The lowest BCUT2D eigenvalue weighted by Crippen LogP contribution is -2.32. The third kappa shape index (κ3) is 16.0. The Morgan fingerprint density at radius 3 is 1.77 bits per heavy atom. The highest BCUT2D eigenvalue weighted by Crippen LogP contribution is 1.84. The van der Waals surface area contributed by atoms with E-state index in [9.17, 15) is 0 Å². The predicted molar refractivity (Wildman–Crippen MR) is 67.9 cm³/mol. The van der Waals surface area contributed by atoms with Gasteiger partial charge in [-0.15, -0.1) is 9.97 Å². The second-order valence-electron chi connectivity index (χ2n) is 3.09. The van der Waals surface area contributed by atoms with Gasteiger partial charge in [0.1, 0.15) is 0 Å². The fraction of sp³-hybridized carbons (Fsp3) is 0. The Balaban J connectivity index is 0.000000372. The molecule has 0 aliphatic rings. The van der Waals surface area contributed by atoms with Crippen LogP contribution in [0.15, 0.2) is 43.2 Å². The summed E-state index contributed by atoms with van der Waals surface area (Å²) in [5.74, 6) is 0.630. The maximum Gasteiger partial charge on any atom is 0.394 e. The molecule has 3 N–H and O–H groups in total. The molecular formula is C8H10N4O8S2. The van der Waals surface area contributed by atoms with Crippen molar-refractivity contribution in [3.63, 3.8) is 0 Å². The number of hydrogen-bond donors (Lipinski definition) is 3. The number of nitrogens with zero attached hydrogens (tertiary/aromatic N) is 4. The maximum absolute atomic E-state index is 8.74. The highest BCUT2D eigenvalue weighted by molar-refractivity contribution is 7.80. The van der Waals surface area contributed by atoms with Crippen LogP contribution in [0.25, 0.3) is 5.95 Å². The van der Waals surface area contributed by atoms with E-state index in [4.69, 9.17) is 35.0 Å². The monoisotopic (exact) mass is 354 g/mol. The average Bonchev–Trinajstić information content (AvgIpc) is 2.37. The van der Waals surface area contributed by atoms with E-state index in [1.165, 1.54) is 0 Å². The van der Waals surface area contributed by atoms with Crippen molar-refractivity contribution >= 4 is 20.8 Å². The molecule has 0 aliphatic carbocycles. The van der Waals surface area contributed by atoms with Crippen LogP contribution < -0.4 is 4.57 Å². The van der Waals surface area contributed by atoms with E-state index < -0.39 is 20.8 Å². The Kier molecular flexibility index (Phi) is 8.17. The summed E-state index contributed by atoms with van der Waals surface area (Å²) in [6, 6.07) is 3.61. The van der Waals surface area contributed by atoms with Crippen molar-refractivity contribution in [2.75, 3.05) is 0 Å². The Bertz CT molecular complexity index is 668. The number of rotatable bonds is 1. The summed E-state index contributed by atoms with van der Waals surface area (Å²) >= 11 is 0. The van der Waals surface area contributed by atoms with Crippen LogP contribution in [0.2, 0.25) is 0 Å². The van der Waals surface area contributed by atoms with Gasteiger partial charge in [0, 0.05) is 0 Å². The molecule has 14 heteroatoms. The Labute approximate surface area is 125 Å². The molecule has 0 saturated heterocycles. The molecule has 0 radical (unpaired) electrons. The van der Waals surface area contributed by atoms with Crippen molar-refractivity contribution in [2.45, 2.75) is 0 Å². The van der Waals surface area contributed by atoms with E-state index in [-0.39, 0.29) is 0 Å². The van der Waals surface area contributed by atoms with E-state index in [2.05, 4.69) is 15.0 Å². The second-order valence-corrected chi connectivity index (χ2v) is 4.84. The van der Waals surface area contributed by atoms with Gasteiger partial charge in [-0.05, 0) is 12.1 Å². The van der Waals surface area contributed by atoms with E-state index in [0.717, 1.165) is 0 Å². The molecule has 0 spiro atoms. The molecule has 2 aromatic rings. The van der Waals surface area contributed by atoms with Crippen molar-refractivity contribution in [3.8, 4) is 5.95 Å². The molecular weight excluding hydrogens is 344 g/mol. The Morgan fingerprint density at radius 1 is 0.955 bits per heavy atom. The highest BCUT2D eigenvalue weighted by Gasteiger charge is 2.02. The third-order valence-electron chi connectivity index (χ3n) is 1.39. The summed E-state index contributed by atoms with van der Waals surface area (Å²) in [4.78, 5) is 12.1. The second kappa shape index (κ2) is 9.03. The van der Waals surface area contributed by atoms with Crippen LogP contribution in [0.3, 0.4) is 0 Å². The van der Waals surface area contributed by atoms with E-state index in [1.54, 1.807) is 35.6 Å². The van der Waals surface area contributed by atoms with Crippen LogP contribution >= 0.6 is 0 Å². The first-order valence-corrected chi connectivity index (χ1v) is 7.70. The molecule has 122 valence electrons. The summed E-state index contributed by atoms with van der Waals surface area (Å²) in [5, 5.41) is 0. The summed E-state index contributed by atoms with van der Waals surface area (Å²) in [6.07, 6.45) is 8.61. The lowest BCUT2D eigenvalue weighted by Gasteiger charge is -1.91. The molecule has 22 heavy (non-hydrogen) atoms. The standard InChI is InChI=1S/C8H7N4.2H2O4S/c1-4-10-8(11-5-1)12-6-2-3-9-7-12;2*1-5(2,3)4/h1-7H;2*(H2,1,2,3,4)/q+1;;/p-1. The van der Waals surface area contributed by atoms with Crippen molar-refractivity contribution in [3.05, 3.63) is 43.2 Å². The van der Waals surface area contributed by atoms with Gasteiger partial charge in [0.25, 0.3) is 0 Å². The number of hydrogen-bond acceptors (Lipinski definition) is 8.